The summed E-state index contributed by atoms with van der Waals surface area (Å²) in [4.78, 5) is 13.0. The van der Waals surface area contributed by atoms with Gasteiger partial charge < -0.3 is 9.97 Å². The maximum Gasteiger partial charge on any atom is 0.0693 e. The molecule has 218 valence electrons. The van der Waals surface area contributed by atoms with Crippen molar-refractivity contribution in [3.05, 3.63) is 90.1 Å². The van der Waals surface area contributed by atoms with Crippen LogP contribution < -0.4 is 10.7 Å². The van der Waals surface area contributed by atoms with Gasteiger partial charge in [-0.3, -0.25) is 0 Å². The first-order valence-corrected chi connectivity index (χ1v) is 16.1. The molecule has 6 bridgehead atoms. The van der Waals surface area contributed by atoms with Gasteiger partial charge in [-0.2, -0.15) is 0 Å². The molecule has 41 heavy (non-hydrogen) atoms. The molecular weight excluding hydrogens is 498 g/mol. The van der Waals surface area contributed by atoms with Crippen molar-refractivity contribution in [3.8, 4) is 0 Å². The molecule has 2 aromatic heterocycles. The summed E-state index contributed by atoms with van der Waals surface area (Å²) < 4.78 is 0. The van der Waals surface area contributed by atoms with E-state index < -0.39 is 0 Å². The van der Waals surface area contributed by atoms with Crippen LogP contribution in [0.4, 0.5) is 0 Å². The van der Waals surface area contributed by atoms with E-state index in [-0.39, 0.29) is 0 Å². The van der Waals surface area contributed by atoms with E-state index in [4.69, 9.17) is 4.99 Å². The zero-order valence-corrected chi connectivity index (χ0v) is 27.1. The van der Waals surface area contributed by atoms with Gasteiger partial charge in [0.25, 0.3) is 0 Å². The first kappa shape index (κ1) is 30.6. The van der Waals surface area contributed by atoms with Gasteiger partial charge in [0.2, 0.25) is 0 Å². The third-order valence-corrected chi connectivity index (χ3v) is 9.09. The highest BCUT2D eigenvalue weighted by atomic mass is 14.8. The summed E-state index contributed by atoms with van der Waals surface area (Å²) in [6.07, 6.45) is 17.1. The van der Waals surface area contributed by atoms with E-state index >= 15 is 0 Å². The second-order valence-electron chi connectivity index (χ2n) is 11.2. The zero-order valence-electron chi connectivity index (χ0n) is 27.1. The summed E-state index contributed by atoms with van der Waals surface area (Å²) in [7, 11) is 0. The van der Waals surface area contributed by atoms with Crippen LogP contribution in [0.1, 0.15) is 122 Å². The molecule has 0 fully saturated rings. The topological polar surface area (TPSA) is 43.9 Å². The van der Waals surface area contributed by atoms with Crippen LogP contribution in [-0.4, -0.2) is 15.7 Å². The Morgan fingerprint density at radius 3 is 1.56 bits per heavy atom. The fraction of sp³-hybridized carbons (Fsp3) is 0.447. The number of H-pyrrole nitrogens is 2. The normalized spacial score (nSPS) is 21.9. The van der Waals surface area contributed by atoms with Crippen LogP contribution in [0.25, 0.3) is 24.3 Å². The lowest BCUT2D eigenvalue weighted by atomic mass is 9.90. The van der Waals surface area contributed by atoms with Gasteiger partial charge in [0.05, 0.1) is 11.4 Å². The lowest BCUT2D eigenvalue weighted by Crippen LogP contribution is -2.15. The summed E-state index contributed by atoms with van der Waals surface area (Å²) in [5.41, 5.74) is 18.2. The highest BCUT2D eigenvalue weighted by Crippen LogP contribution is 2.35. The summed E-state index contributed by atoms with van der Waals surface area (Å²) in [6.45, 7) is 25.0. The molecule has 4 heterocycles. The Labute approximate surface area is 248 Å². The molecule has 3 heteroatoms. The van der Waals surface area contributed by atoms with Crippen LogP contribution in [0.3, 0.4) is 0 Å². The number of aromatic nitrogens is 2. The number of hydrogen-bond acceptors (Lipinski definition) is 1. The van der Waals surface area contributed by atoms with Crippen molar-refractivity contribution in [1.29, 1.82) is 0 Å². The zero-order chi connectivity index (χ0) is 29.8. The summed E-state index contributed by atoms with van der Waals surface area (Å²) in [5.74, 6) is 0. The number of hydrogen-bond donors (Lipinski definition) is 2. The molecule has 0 aromatic carbocycles. The SMILES string of the molecule is C=C1/C=c2\[nH]/c(c(CC)c2CC)=C\C2=NC(=C\c3[nH]c(c(CC)c3CC)/C=C(C)/C(CC)=C\1CC)/C(CC)=C2CC. The third kappa shape index (κ3) is 5.61. The summed E-state index contributed by atoms with van der Waals surface area (Å²) >= 11 is 0. The maximum absolute atomic E-state index is 5.31. The van der Waals surface area contributed by atoms with Crippen LogP contribution in [0.5, 0.6) is 0 Å². The molecule has 0 amide bonds. The second-order valence-corrected chi connectivity index (χ2v) is 11.2. The molecule has 0 saturated carbocycles. The van der Waals surface area contributed by atoms with E-state index in [0.29, 0.717) is 0 Å². The Bertz CT molecular complexity index is 1620. The average Bonchev–Trinajstić information content (AvgIpc) is 3.59. The van der Waals surface area contributed by atoms with Crippen LogP contribution in [-0.2, 0) is 25.7 Å². The second kappa shape index (κ2) is 13.1. The molecule has 0 aliphatic carbocycles. The molecule has 0 saturated heterocycles. The summed E-state index contributed by atoms with van der Waals surface area (Å²) in [5, 5.41) is 2.38. The third-order valence-electron chi connectivity index (χ3n) is 9.09. The maximum atomic E-state index is 5.31. The lowest BCUT2D eigenvalue weighted by Gasteiger charge is -2.15. The Morgan fingerprint density at radius 2 is 1.05 bits per heavy atom. The predicted octanol–water partition coefficient (Wildman–Crippen LogP) is 8.86. The lowest BCUT2D eigenvalue weighted by molar-refractivity contribution is 1.01. The van der Waals surface area contributed by atoms with E-state index in [2.05, 4.69) is 103 Å². The minimum absolute atomic E-state index is 0.954. The van der Waals surface area contributed by atoms with Crippen molar-refractivity contribution in [3.63, 3.8) is 0 Å². The molecule has 0 atom stereocenters. The molecule has 2 aliphatic rings. The Morgan fingerprint density at radius 1 is 0.537 bits per heavy atom. The van der Waals surface area contributed by atoms with Gasteiger partial charge in [0.1, 0.15) is 0 Å². The molecule has 2 aromatic rings. The first-order valence-electron chi connectivity index (χ1n) is 16.1. The molecule has 2 N–H and O–H groups in total. The van der Waals surface area contributed by atoms with Gasteiger partial charge >= 0.3 is 0 Å². The number of allylic oxidation sites excluding steroid dienone is 6. The van der Waals surface area contributed by atoms with E-state index in [9.17, 15) is 0 Å². The van der Waals surface area contributed by atoms with Crippen LogP contribution >= 0.6 is 0 Å². The van der Waals surface area contributed by atoms with E-state index in [1.165, 1.54) is 72.2 Å². The van der Waals surface area contributed by atoms with Crippen molar-refractivity contribution in [1.82, 2.24) is 9.97 Å². The van der Waals surface area contributed by atoms with E-state index in [0.717, 1.165) is 68.3 Å². The molecular formula is C38H51N3. The molecule has 0 unspecified atom stereocenters. The van der Waals surface area contributed by atoms with Gasteiger partial charge in [-0.25, -0.2) is 4.99 Å². The van der Waals surface area contributed by atoms with E-state index in [1.54, 1.807) is 0 Å². The first-order chi connectivity index (χ1) is 19.8. The van der Waals surface area contributed by atoms with Crippen molar-refractivity contribution >= 4 is 30.0 Å². The molecule has 4 rings (SSSR count). The number of aromatic amines is 2. The van der Waals surface area contributed by atoms with E-state index in [1.807, 2.05) is 0 Å². The van der Waals surface area contributed by atoms with Crippen molar-refractivity contribution in [2.24, 2.45) is 4.99 Å². The van der Waals surface area contributed by atoms with Gasteiger partial charge in [0, 0.05) is 22.1 Å². The van der Waals surface area contributed by atoms with Gasteiger partial charge in [-0.05, 0) is 138 Å². The predicted molar refractivity (Wildman–Crippen MR) is 181 cm³/mol. The smallest absolute Gasteiger partial charge is 0.0693 e. The van der Waals surface area contributed by atoms with Gasteiger partial charge in [-0.15, -0.1) is 0 Å². The largest absolute Gasteiger partial charge is 0.355 e. The number of rotatable bonds is 8. The number of nitrogens with zero attached hydrogens (tertiary/aromatic N) is 1. The fourth-order valence-corrected chi connectivity index (χ4v) is 7.15. The number of aliphatic imine (C=N–C) groups is 1. The Kier molecular flexibility index (Phi) is 9.79. The Balaban J connectivity index is 2.17. The molecule has 0 radical (unpaired) electrons. The quantitative estimate of drug-likeness (QED) is 0.330. The van der Waals surface area contributed by atoms with Crippen LogP contribution in [0.15, 0.2) is 50.7 Å². The monoisotopic (exact) mass is 549 g/mol. The molecule has 3 nitrogen and oxygen atoms in total. The van der Waals surface area contributed by atoms with Crippen LogP contribution in [0.2, 0.25) is 0 Å². The fourth-order valence-electron chi connectivity index (χ4n) is 7.15. The number of nitrogens with one attached hydrogen (secondary N) is 2. The standard InChI is InChI=1S/C38H51N3/c1-11-25-23(9)19-33-27(13-3)29(15-5)35(39-33)21-37-31(17-7)32(18-8)38(41-37)22-36-30(16-6)28(14-4)34(40-36)20-24(10)26(25)12-2/h19-22,39-40H,9,11-18H2,1-8,10H3/b24-20+,26-25-,33-19-,35-21-,38-22-. The van der Waals surface area contributed by atoms with Crippen LogP contribution in [0, 0.1) is 0 Å². The average molecular weight is 550 g/mol. The highest BCUT2D eigenvalue weighted by molar-refractivity contribution is 6.23. The van der Waals surface area contributed by atoms with Crippen molar-refractivity contribution < 1.29 is 0 Å². The summed E-state index contributed by atoms with van der Waals surface area (Å²) in [6, 6.07) is 0. The highest BCUT2D eigenvalue weighted by Gasteiger charge is 2.22. The molecule has 0 spiro atoms. The van der Waals surface area contributed by atoms with Crippen molar-refractivity contribution in [2.75, 3.05) is 0 Å². The molecule has 2 aliphatic heterocycles. The number of fused-ring (bicyclic) bond motifs is 5. The van der Waals surface area contributed by atoms with Gasteiger partial charge in [-0.1, -0.05) is 62.0 Å². The minimum Gasteiger partial charge on any atom is -0.355 e. The minimum atomic E-state index is 0.954. The van der Waals surface area contributed by atoms with Gasteiger partial charge in [0.15, 0.2) is 0 Å². The Hall–Kier alpha value is -3.33. The van der Waals surface area contributed by atoms with Crippen molar-refractivity contribution in [2.45, 2.75) is 114 Å².